The lowest BCUT2D eigenvalue weighted by Crippen LogP contribution is -1.99. The van der Waals surface area contributed by atoms with Crippen molar-refractivity contribution < 1.29 is 4.74 Å². The summed E-state index contributed by atoms with van der Waals surface area (Å²) in [6.07, 6.45) is 4.74. The molecule has 0 atom stereocenters. The van der Waals surface area contributed by atoms with Crippen molar-refractivity contribution >= 4 is 22.9 Å². The van der Waals surface area contributed by atoms with Gasteiger partial charge in [-0.1, -0.05) is 24.3 Å². The number of aromatic nitrogens is 3. The largest absolute Gasteiger partial charge is 0.478 e. The van der Waals surface area contributed by atoms with Crippen molar-refractivity contribution in [2.45, 2.75) is 0 Å². The molecule has 0 aliphatic rings. The molecular weight excluding hydrogens is 266 g/mol. The minimum absolute atomic E-state index is 0.390. The van der Waals surface area contributed by atoms with Gasteiger partial charge >= 0.3 is 0 Å². The maximum Gasteiger partial charge on any atom is 0.258 e. The Labute approximate surface area is 121 Å². The first kappa shape index (κ1) is 13.0. The summed E-state index contributed by atoms with van der Waals surface area (Å²) in [6, 6.07) is 11.8. The number of hydrazone groups is 1. The lowest BCUT2D eigenvalue weighted by molar-refractivity contribution is 0.398. The highest BCUT2D eigenvalue weighted by Crippen LogP contribution is 2.16. The number of nitrogens with zero attached hydrogens (tertiary/aromatic N) is 4. The second-order valence-corrected chi connectivity index (χ2v) is 4.21. The molecule has 0 aliphatic heterocycles. The van der Waals surface area contributed by atoms with Crippen LogP contribution in [0.3, 0.4) is 0 Å². The van der Waals surface area contributed by atoms with Gasteiger partial charge in [-0.3, -0.25) is 5.43 Å². The molecule has 6 nitrogen and oxygen atoms in total. The fourth-order valence-corrected chi connectivity index (χ4v) is 1.86. The quantitative estimate of drug-likeness (QED) is 0.586. The number of benzene rings is 1. The Bertz CT molecular complexity index is 788. The molecule has 0 spiro atoms. The highest BCUT2D eigenvalue weighted by atomic mass is 16.5. The van der Waals surface area contributed by atoms with E-state index in [0.717, 1.165) is 16.6 Å². The summed E-state index contributed by atoms with van der Waals surface area (Å²) >= 11 is 0. The Hall–Kier alpha value is -3.02. The topological polar surface area (TPSA) is 72.3 Å². The maximum absolute atomic E-state index is 5.08. The molecule has 1 aromatic carbocycles. The van der Waals surface area contributed by atoms with Crippen molar-refractivity contribution in [1.29, 1.82) is 0 Å². The Morgan fingerprint density at radius 1 is 1.10 bits per heavy atom. The molecule has 0 unspecified atom stereocenters. The third-order valence-electron chi connectivity index (χ3n) is 2.85. The van der Waals surface area contributed by atoms with Gasteiger partial charge in [-0.05, 0) is 12.1 Å². The molecule has 0 radical (unpaired) electrons. The number of pyridine rings is 1. The zero-order chi connectivity index (χ0) is 14.5. The molecule has 2 aromatic heterocycles. The summed E-state index contributed by atoms with van der Waals surface area (Å²) in [6.45, 7) is 0. The van der Waals surface area contributed by atoms with E-state index < -0.39 is 0 Å². The van der Waals surface area contributed by atoms with Crippen LogP contribution in [-0.4, -0.2) is 28.3 Å². The summed E-state index contributed by atoms with van der Waals surface area (Å²) in [5.74, 6) is 0.846. The van der Waals surface area contributed by atoms with Crippen molar-refractivity contribution in [3.05, 3.63) is 54.5 Å². The van der Waals surface area contributed by atoms with Crippen LogP contribution in [0.2, 0.25) is 0 Å². The van der Waals surface area contributed by atoms with Crippen LogP contribution in [0.25, 0.3) is 10.9 Å². The van der Waals surface area contributed by atoms with E-state index in [9.17, 15) is 0 Å². The van der Waals surface area contributed by atoms with Gasteiger partial charge in [0, 0.05) is 17.8 Å². The minimum atomic E-state index is 0.390. The summed E-state index contributed by atoms with van der Waals surface area (Å²) < 4.78 is 5.08. The first-order valence-electron chi connectivity index (χ1n) is 6.37. The zero-order valence-corrected chi connectivity index (χ0v) is 11.4. The molecule has 0 bridgehead atoms. The first-order valence-corrected chi connectivity index (χ1v) is 6.37. The van der Waals surface area contributed by atoms with E-state index >= 15 is 0 Å². The molecule has 0 saturated heterocycles. The van der Waals surface area contributed by atoms with Gasteiger partial charge in [-0.2, -0.15) is 5.10 Å². The van der Waals surface area contributed by atoms with Gasteiger partial charge in [0.25, 0.3) is 5.88 Å². The summed E-state index contributed by atoms with van der Waals surface area (Å²) in [4.78, 5) is 12.6. The summed E-state index contributed by atoms with van der Waals surface area (Å²) in [7, 11) is 1.53. The Morgan fingerprint density at radius 3 is 2.86 bits per heavy atom. The van der Waals surface area contributed by atoms with E-state index in [-0.39, 0.29) is 0 Å². The number of methoxy groups -OCH3 is 1. The molecule has 0 saturated carbocycles. The maximum atomic E-state index is 5.08. The van der Waals surface area contributed by atoms with Gasteiger partial charge in [0.2, 0.25) is 5.82 Å². The van der Waals surface area contributed by atoms with E-state index in [1.165, 1.54) is 7.11 Å². The van der Waals surface area contributed by atoms with Gasteiger partial charge in [0.05, 0.1) is 24.5 Å². The van der Waals surface area contributed by atoms with Gasteiger partial charge < -0.3 is 4.74 Å². The third-order valence-corrected chi connectivity index (χ3v) is 2.85. The van der Waals surface area contributed by atoms with Crippen LogP contribution in [0.1, 0.15) is 5.69 Å². The van der Waals surface area contributed by atoms with Gasteiger partial charge in [-0.25, -0.2) is 15.0 Å². The molecule has 0 fully saturated rings. The standard InChI is InChI=1S/C15H13N5O/c1-21-15-14(16-8-9-17-15)20-18-10-12-7-6-11-4-2-3-5-13(11)19-12/h2-10H,1H3,(H,16,20)/b18-10+. The second-order valence-electron chi connectivity index (χ2n) is 4.21. The van der Waals surface area contributed by atoms with Crippen LogP contribution < -0.4 is 10.2 Å². The normalized spacial score (nSPS) is 10.9. The van der Waals surface area contributed by atoms with Crippen LogP contribution in [0.15, 0.2) is 53.9 Å². The van der Waals surface area contributed by atoms with Crippen LogP contribution in [0, 0.1) is 0 Å². The fourth-order valence-electron chi connectivity index (χ4n) is 1.86. The van der Waals surface area contributed by atoms with E-state index in [1.807, 2.05) is 36.4 Å². The Balaban J connectivity index is 1.78. The van der Waals surface area contributed by atoms with E-state index in [4.69, 9.17) is 4.74 Å². The predicted molar refractivity (Wildman–Crippen MR) is 81.5 cm³/mol. The monoisotopic (exact) mass is 279 g/mol. The number of fused-ring (bicyclic) bond motifs is 1. The lowest BCUT2D eigenvalue weighted by atomic mass is 10.2. The molecule has 104 valence electrons. The number of rotatable bonds is 4. The van der Waals surface area contributed by atoms with E-state index in [1.54, 1.807) is 18.6 Å². The highest BCUT2D eigenvalue weighted by molar-refractivity contribution is 5.85. The highest BCUT2D eigenvalue weighted by Gasteiger charge is 2.02. The van der Waals surface area contributed by atoms with Gasteiger partial charge in [-0.15, -0.1) is 0 Å². The fraction of sp³-hybridized carbons (Fsp3) is 0.0667. The molecule has 1 N–H and O–H groups in total. The van der Waals surface area contributed by atoms with Crippen molar-refractivity contribution in [2.24, 2.45) is 5.10 Å². The average Bonchev–Trinajstić information content (AvgIpc) is 2.55. The molecule has 3 rings (SSSR count). The van der Waals surface area contributed by atoms with Crippen LogP contribution in [-0.2, 0) is 0 Å². The molecular formula is C15H13N5O. The van der Waals surface area contributed by atoms with Crippen molar-refractivity contribution in [3.8, 4) is 5.88 Å². The molecule has 2 heterocycles. The van der Waals surface area contributed by atoms with Crippen molar-refractivity contribution in [3.63, 3.8) is 0 Å². The number of para-hydroxylation sites is 1. The van der Waals surface area contributed by atoms with Crippen LogP contribution >= 0.6 is 0 Å². The van der Waals surface area contributed by atoms with Crippen LogP contribution in [0.5, 0.6) is 5.88 Å². The first-order chi connectivity index (χ1) is 10.4. The molecule has 3 aromatic rings. The predicted octanol–water partition coefficient (Wildman–Crippen LogP) is 2.48. The Kier molecular flexibility index (Phi) is 3.68. The summed E-state index contributed by atoms with van der Waals surface area (Å²) in [5, 5.41) is 5.20. The second kappa shape index (κ2) is 5.96. The molecule has 0 amide bonds. The van der Waals surface area contributed by atoms with Gasteiger partial charge in [0.1, 0.15) is 0 Å². The summed E-state index contributed by atoms with van der Waals surface area (Å²) in [5.41, 5.74) is 4.47. The number of anilines is 1. The SMILES string of the molecule is COc1nccnc1N/N=C/c1ccc2ccccc2n1. The van der Waals surface area contributed by atoms with E-state index in [2.05, 4.69) is 25.5 Å². The zero-order valence-electron chi connectivity index (χ0n) is 11.4. The molecule has 6 heteroatoms. The van der Waals surface area contributed by atoms with Crippen molar-refractivity contribution in [2.75, 3.05) is 12.5 Å². The van der Waals surface area contributed by atoms with Crippen LogP contribution in [0.4, 0.5) is 5.82 Å². The van der Waals surface area contributed by atoms with Gasteiger partial charge in [0.15, 0.2) is 0 Å². The number of hydrogen-bond acceptors (Lipinski definition) is 6. The average molecular weight is 279 g/mol. The number of nitrogens with one attached hydrogen (secondary N) is 1. The number of hydrogen-bond donors (Lipinski definition) is 1. The smallest absolute Gasteiger partial charge is 0.258 e. The third kappa shape index (κ3) is 2.94. The molecule has 21 heavy (non-hydrogen) atoms. The minimum Gasteiger partial charge on any atom is -0.478 e. The molecule has 0 aliphatic carbocycles. The Morgan fingerprint density at radius 2 is 1.95 bits per heavy atom. The number of ether oxygens (including phenoxy) is 1. The lowest BCUT2D eigenvalue weighted by Gasteiger charge is -2.03. The van der Waals surface area contributed by atoms with Crippen molar-refractivity contribution in [1.82, 2.24) is 15.0 Å². The van der Waals surface area contributed by atoms with E-state index in [0.29, 0.717) is 11.7 Å².